The summed E-state index contributed by atoms with van der Waals surface area (Å²) in [6, 6.07) is 11.1. The van der Waals surface area contributed by atoms with E-state index in [-0.39, 0.29) is 24.0 Å². The Kier molecular flexibility index (Phi) is 5.38. The van der Waals surface area contributed by atoms with Crippen LogP contribution in [-0.4, -0.2) is 23.7 Å². The number of ether oxygens (including phenoxy) is 1. The van der Waals surface area contributed by atoms with Gasteiger partial charge in [0.25, 0.3) is 0 Å². The van der Waals surface area contributed by atoms with Gasteiger partial charge in [-0.15, -0.1) is 0 Å². The van der Waals surface area contributed by atoms with Crippen LogP contribution in [0.4, 0.5) is 9.18 Å². The van der Waals surface area contributed by atoms with E-state index in [1.54, 1.807) is 18.3 Å². The number of aromatic nitrogens is 1. The van der Waals surface area contributed by atoms with Gasteiger partial charge < -0.3 is 15.4 Å². The van der Waals surface area contributed by atoms with E-state index >= 15 is 0 Å². The zero-order valence-corrected chi connectivity index (χ0v) is 13.2. The molecule has 1 aliphatic rings. The first-order valence-electron chi connectivity index (χ1n) is 8.04. The molecule has 1 aliphatic heterocycles. The van der Waals surface area contributed by atoms with Crippen molar-refractivity contribution in [3.63, 3.8) is 0 Å². The predicted octanol–water partition coefficient (Wildman–Crippen LogP) is 2.94. The van der Waals surface area contributed by atoms with Crippen LogP contribution in [-0.2, 0) is 11.3 Å². The third-order valence-electron chi connectivity index (χ3n) is 4.01. The average molecular weight is 329 g/mol. The van der Waals surface area contributed by atoms with E-state index in [9.17, 15) is 9.18 Å². The van der Waals surface area contributed by atoms with Crippen molar-refractivity contribution in [1.29, 1.82) is 0 Å². The Hall–Kier alpha value is -2.47. The van der Waals surface area contributed by atoms with Crippen molar-refractivity contribution in [2.24, 2.45) is 0 Å². The zero-order valence-electron chi connectivity index (χ0n) is 13.2. The van der Waals surface area contributed by atoms with Gasteiger partial charge >= 0.3 is 6.03 Å². The molecule has 126 valence electrons. The molecule has 0 radical (unpaired) electrons. The molecule has 0 unspecified atom stereocenters. The van der Waals surface area contributed by atoms with Gasteiger partial charge in [0.2, 0.25) is 0 Å². The molecule has 0 spiro atoms. The van der Waals surface area contributed by atoms with Gasteiger partial charge in [-0.2, -0.15) is 0 Å². The SMILES string of the molecule is O=C(NCc1ccccn1)N[C@H](c1ccc(F)cc1)[C@H]1CCCO1. The quantitative estimate of drug-likeness (QED) is 0.886. The number of halogens is 1. The van der Waals surface area contributed by atoms with Crippen LogP contribution in [0.1, 0.15) is 30.1 Å². The molecule has 2 aromatic rings. The lowest BCUT2D eigenvalue weighted by atomic mass is 9.99. The summed E-state index contributed by atoms with van der Waals surface area (Å²) in [6.07, 6.45) is 3.40. The number of hydrogen-bond donors (Lipinski definition) is 2. The fourth-order valence-corrected chi connectivity index (χ4v) is 2.79. The lowest BCUT2D eigenvalue weighted by Crippen LogP contribution is -2.42. The van der Waals surface area contributed by atoms with Crippen molar-refractivity contribution in [1.82, 2.24) is 15.6 Å². The summed E-state index contributed by atoms with van der Waals surface area (Å²) in [5.41, 5.74) is 1.61. The van der Waals surface area contributed by atoms with Gasteiger partial charge in [0.15, 0.2) is 0 Å². The molecule has 0 saturated carbocycles. The van der Waals surface area contributed by atoms with Crippen LogP contribution in [0.5, 0.6) is 0 Å². The van der Waals surface area contributed by atoms with E-state index in [0.29, 0.717) is 13.2 Å². The summed E-state index contributed by atoms with van der Waals surface area (Å²) in [5, 5.41) is 5.73. The highest BCUT2D eigenvalue weighted by atomic mass is 19.1. The molecule has 2 N–H and O–H groups in total. The summed E-state index contributed by atoms with van der Waals surface area (Å²) >= 11 is 0. The molecule has 0 bridgehead atoms. The summed E-state index contributed by atoms with van der Waals surface area (Å²) < 4.78 is 18.9. The Morgan fingerprint density at radius 2 is 2.12 bits per heavy atom. The van der Waals surface area contributed by atoms with Gasteiger partial charge in [-0.25, -0.2) is 9.18 Å². The van der Waals surface area contributed by atoms with E-state index in [1.807, 2.05) is 18.2 Å². The van der Waals surface area contributed by atoms with Crippen LogP contribution in [0.25, 0.3) is 0 Å². The van der Waals surface area contributed by atoms with Crippen molar-refractivity contribution in [3.05, 3.63) is 65.7 Å². The number of urea groups is 1. The fourth-order valence-electron chi connectivity index (χ4n) is 2.79. The number of carbonyl (C=O) groups excluding carboxylic acids is 1. The minimum absolute atomic E-state index is 0.101. The maximum atomic E-state index is 13.2. The highest BCUT2D eigenvalue weighted by molar-refractivity contribution is 5.74. The normalized spacial score (nSPS) is 18.1. The van der Waals surface area contributed by atoms with Crippen LogP contribution < -0.4 is 10.6 Å². The maximum absolute atomic E-state index is 13.2. The van der Waals surface area contributed by atoms with Gasteiger partial charge in [-0.05, 0) is 42.7 Å². The first-order chi connectivity index (χ1) is 11.7. The van der Waals surface area contributed by atoms with Gasteiger partial charge in [0.1, 0.15) is 5.82 Å². The molecule has 2 heterocycles. The van der Waals surface area contributed by atoms with E-state index in [0.717, 1.165) is 24.1 Å². The van der Waals surface area contributed by atoms with Gasteiger partial charge in [0.05, 0.1) is 24.4 Å². The van der Waals surface area contributed by atoms with Gasteiger partial charge in [0, 0.05) is 12.8 Å². The number of amides is 2. The Morgan fingerprint density at radius 3 is 2.79 bits per heavy atom. The molecule has 6 heteroatoms. The Balaban J connectivity index is 1.64. The topological polar surface area (TPSA) is 63.2 Å². The summed E-state index contributed by atoms with van der Waals surface area (Å²) in [7, 11) is 0. The number of hydrogen-bond acceptors (Lipinski definition) is 3. The van der Waals surface area contributed by atoms with Crippen LogP contribution >= 0.6 is 0 Å². The molecule has 1 saturated heterocycles. The highest BCUT2D eigenvalue weighted by Crippen LogP contribution is 2.27. The first kappa shape index (κ1) is 16.4. The van der Waals surface area contributed by atoms with Crippen molar-refractivity contribution >= 4 is 6.03 Å². The lowest BCUT2D eigenvalue weighted by molar-refractivity contribution is 0.0807. The molecule has 24 heavy (non-hydrogen) atoms. The highest BCUT2D eigenvalue weighted by Gasteiger charge is 2.28. The molecule has 0 aliphatic carbocycles. The van der Waals surface area contributed by atoms with Gasteiger partial charge in [-0.1, -0.05) is 18.2 Å². The van der Waals surface area contributed by atoms with Crippen molar-refractivity contribution in [2.45, 2.75) is 31.5 Å². The Bertz CT molecular complexity index is 658. The second-order valence-electron chi connectivity index (χ2n) is 5.73. The minimum atomic E-state index is -0.308. The number of benzene rings is 1. The second kappa shape index (κ2) is 7.88. The minimum Gasteiger partial charge on any atom is -0.376 e. The molecule has 2 amide bonds. The molecule has 3 rings (SSSR count). The van der Waals surface area contributed by atoms with Crippen molar-refractivity contribution < 1.29 is 13.9 Å². The van der Waals surface area contributed by atoms with E-state index in [4.69, 9.17) is 4.74 Å². The Morgan fingerprint density at radius 1 is 1.29 bits per heavy atom. The van der Waals surface area contributed by atoms with Crippen LogP contribution in [0.3, 0.4) is 0 Å². The second-order valence-corrected chi connectivity index (χ2v) is 5.73. The number of carbonyl (C=O) groups is 1. The van der Waals surface area contributed by atoms with E-state index in [2.05, 4.69) is 15.6 Å². The molecular weight excluding hydrogens is 309 g/mol. The molecular formula is C18H20FN3O2. The molecule has 1 fully saturated rings. The summed E-state index contributed by atoms with van der Waals surface area (Å²) in [5.74, 6) is -0.301. The van der Waals surface area contributed by atoms with Crippen molar-refractivity contribution in [3.8, 4) is 0 Å². The maximum Gasteiger partial charge on any atom is 0.315 e. The van der Waals surface area contributed by atoms with Crippen LogP contribution in [0, 0.1) is 5.82 Å². The summed E-state index contributed by atoms with van der Waals surface area (Å²) in [4.78, 5) is 16.4. The third-order valence-corrected chi connectivity index (χ3v) is 4.01. The fraction of sp³-hybridized carbons (Fsp3) is 0.333. The number of nitrogens with zero attached hydrogens (tertiary/aromatic N) is 1. The van der Waals surface area contributed by atoms with Gasteiger partial charge in [-0.3, -0.25) is 4.98 Å². The van der Waals surface area contributed by atoms with Crippen LogP contribution in [0.15, 0.2) is 48.7 Å². The lowest BCUT2D eigenvalue weighted by Gasteiger charge is -2.25. The third kappa shape index (κ3) is 4.29. The number of nitrogens with one attached hydrogen (secondary N) is 2. The number of rotatable bonds is 5. The molecule has 1 aromatic carbocycles. The number of pyridine rings is 1. The Labute approximate surface area is 140 Å². The predicted molar refractivity (Wildman–Crippen MR) is 87.7 cm³/mol. The van der Waals surface area contributed by atoms with Crippen molar-refractivity contribution in [2.75, 3.05) is 6.61 Å². The smallest absolute Gasteiger partial charge is 0.315 e. The van der Waals surface area contributed by atoms with Crippen LogP contribution in [0.2, 0.25) is 0 Å². The first-order valence-corrected chi connectivity index (χ1v) is 8.04. The average Bonchev–Trinajstić information content (AvgIpc) is 3.14. The summed E-state index contributed by atoms with van der Waals surface area (Å²) in [6.45, 7) is 1.02. The molecule has 1 aromatic heterocycles. The zero-order chi connectivity index (χ0) is 16.8. The molecule has 2 atom stereocenters. The molecule has 5 nitrogen and oxygen atoms in total. The van der Waals surface area contributed by atoms with E-state index in [1.165, 1.54) is 12.1 Å². The standard InChI is InChI=1S/C18H20FN3O2/c19-14-8-6-13(7-9-14)17(16-5-3-11-24-16)22-18(23)21-12-15-4-1-2-10-20-15/h1-2,4,6-10,16-17H,3,5,11-12H2,(H2,21,22,23)/t16-,17-/m1/s1. The monoisotopic (exact) mass is 329 g/mol. The van der Waals surface area contributed by atoms with E-state index < -0.39 is 0 Å². The largest absolute Gasteiger partial charge is 0.376 e.